The Morgan fingerprint density at radius 1 is 1.21 bits per heavy atom. The molecule has 0 saturated carbocycles. The van der Waals surface area contributed by atoms with Crippen LogP contribution in [-0.2, 0) is 4.79 Å². The van der Waals surface area contributed by atoms with E-state index in [-0.39, 0.29) is 52.0 Å². The molecule has 0 saturated heterocycles. The van der Waals surface area contributed by atoms with E-state index < -0.39 is 25.2 Å². The smallest absolute Gasteiger partial charge is 0.387 e. The quantitative estimate of drug-likeness (QED) is 0.0761. The van der Waals surface area contributed by atoms with Crippen molar-refractivity contribution in [1.29, 1.82) is 10.7 Å². The number of alkyl halides is 2. The van der Waals surface area contributed by atoms with Crippen molar-refractivity contribution < 1.29 is 28.2 Å². The van der Waals surface area contributed by atoms with Gasteiger partial charge in [0.2, 0.25) is 11.9 Å². The number of halogens is 4. The number of benzene rings is 2. The number of carbonyl (C=O) groups excluding carboxylic acids is 1. The molecule has 228 valence electrons. The van der Waals surface area contributed by atoms with Gasteiger partial charge in [-0.3, -0.25) is 10.1 Å². The first-order chi connectivity index (χ1) is 20.0. The van der Waals surface area contributed by atoms with Gasteiger partial charge in [0.15, 0.2) is 6.19 Å². The Morgan fingerprint density at radius 2 is 1.95 bits per heavy atom. The summed E-state index contributed by atoms with van der Waals surface area (Å²) in [5.74, 6) is -0.636. The Kier molecular flexibility index (Phi) is 14.2. The standard InChI is InChI=1S/C27H33Cl2F2N7O4/c1-4-38(24(40)15-39)22(25(33)17-6-8-19(28)20(29)12-17)14-34-27(35-16-32)36-21-13-18(42-26(30)31)7-9-23(21)41-11-5-10-37(2)3/h6-9,12-13,22,26,33,39H,4-5,10-11,14-15H2,1-3H3,(H2,34,35,36). The molecular weight excluding hydrogens is 595 g/mol. The van der Waals surface area contributed by atoms with Gasteiger partial charge in [0.25, 0.3) is 0 Å². The van der Waals surface area contributed by atoms with Crippen molar-refractivity contribution in [3.8, 4) is 17.7 Å². The summed E-state index contributed by atoms with van der Waals surface area (Å²) in [6.07, 6.45) is 2.43. The number of guanidine groups is 1. The van der Waals surface area contributed by atoms with Crippen molar-refractivity contribution in [3.63, 3.8) is 0 Å². The Bertz CT molecular complexity index is 1290. The molecule has 0 aliphatic rings. The fourth-order valence-electron chi connectivity index (χ4n) is 3.80. The molecule has 0 fully saturated rings. The predicted molar refractivity (Wildman–Crippen MR) is 158 cm³/mol. The number of anilines is 1. The maximum absolute atomic E-state index is 12.9. The number of amides is 1. The maximum atomic E-state index is 12.9. The molecule has 1 unspecified atom stereocenters. The average Bonchev–Trinajstić information content (AvgIpc) is 2.94. The number of nitriles is 1. The number of hydrogen-bond donors (Lipinski definition) is 4. The Labute approximate surface area is 253 Å². The van der Waals surface area contributed by atoms with E-state index in [4.69, 9.17) is 33.3 Å². The van der Waals surface area contributed by atoms with Crippen LogP contribution < -0.4 is 20.1 Å². The minimum Gasteiger partial charge on any atom is -0.491 e. The molecular formula is C27H33Cl2F2N7O4. The van der Waals surface area contributed by atoms with Gasteiger partial charge in [-0.2, -0.15) is 14.0 Å². The second-order valence-corrected chi connectivity index (χ2v) is 9.80. The van der Waals surface area contributed by atoms with Crippen molar-refractivity contribution >= 4 is 46.5 Å². The summed E-state index contributed by atoms with van der Waals surface area (Å²) in [7, 11) is 3.84. The van der Waals surface area contributed by atoms with Crippen molar-refractivity contribution in [1.82, 2.24) is 15.1 Å². The van der Waals surface area contributed by atoms with E-state index in [1.54, 1.807) is 19.2 Å². The maximum Gasteiger partial charge on any atom is 0.387 e. The van der Waals surface area contributed by atoms with Gasteiger partial charge in [-0.05, 0) is 57.3 Å². The molecule has 4 N–H and O–H groups in total. The molecule has 0 aromatic heterocycles. The van der Waals surface area contributed by atoms with E-state index in [0.717, 1.165) is 6.54 Å². The molecule has 0 aliphatic heterocycles. The van der Waals surface area contributed by atoms with Gasteiger partial charge < -0.3 is 35.1 Å². The van der Waals surface area contributed by atoms with Crippen LogP contribution in [0, 0.1) is 16.9 Å². The minimum atomic E-state index is -3.06. The number of nitrogens with zero attached hydrogens (tertiary/aromatic N) is 4. The average molecular weight is 629 g/mol. The van der Waals surface area contributed by atoms with Crippen LogP contribution in [0.2, 0.25) is 10.0 Å². The number of likely N-dealkylation sites (N-methyl/N-ethyl adjacent to an activating group) is 1. The highest BCUT2D eigenvalue weighted by molar-refractivity contribution is 6.42. The van der Waals surface area contributed by atoms with Crippen LogP contribution in [0.25, 0.3) is 0 Å². The SMILES string of the molecule is CCN(C(=O)CO)C(CN=C(NC#N)Nc1cc(OC(F)F)ccc1OCCCN(C)C)C(=N)c1ccc(Cl)c(Cl)c1. The lowest BCUT2D eigenvalue weighted by molar-refractivity contribution is -0.134. The van der Waals surface area contributed by atoms with Crippen molar-refractivity contribution in [2.24, 2.45) is 4.99 Å². The van der Waals surface area contributed by atoms with Gasteiger partial charge in [-0.1, -0.05) is 29.3 Å². The Morgan fingerprint density at radius 3 is 2.55 bits per heavy atom. The van der Waals surface area contributed by atoms with Crippen LogP contribution in [0.5, 0.6) is 11.5 Å². The fourth-order valence-corrected chi connectivity index (χ4v) is 4.10. The molecule has 2 rings (SSSR count). The normalized spacial score (nSPS) is 12.1. The number of carbonyl (C=O) groups is 1. The highest BCUT2D eigenvalue weighted by atomic mass is 35.5. The lowest BCUT2D eigenvalue weighted by Crippen LogP contribution is -2.48. The fraction of sp³-hybridized carbons (Fsp3) is 0.407. The van der Waals surface area contributed by atoms with Crippen LogP contribution in [0.3, 0.4) is 0 Å². The van der Waals surface area contributed by atoms with Crippen LogP contribution in [-0.4, -0.2) is 92.1 Å². The third-order valence-corrected chi connectivity index (χ3v) is 6.51. The number of ether oxygens (including phenoxy) is 2. The van der Waals surface area contributed by atoms with Gasteiger partial charge in [0, 0.05) is 19.2 Å². The van der Waals surface area contributed by atoms with E-state index in [1.165, 1.54) is 35.2 Å². The monoisotopic (exact) mass is 627 g/mol. The van der Waals surface area contributed by atoms with Crippen molar-refractivity contribution in [2.45, 2.75) is 26.0 Å². The number of nitrogens with one attached hydrogen (secondary N) is 3. The van der Waals surface area contributed by atoms with Crippen molar-refractivity contribution in [3.05, 3.63) is 52.0 Å². The van der Waals surface area contributed by atoms with E-state index in [2.05, 4.69) is 20.4 Å². The van der Waals surface area contributed by atoms with Crippen molar-refractivity contribution in [2.75, 3.05) is 52.3 Å². The largest absolute Gasteiger partial charge is 0.491 e. The molecule has 2 aromatic rings. The first-order valence-corrected chi connectivity index (χ1v) is 13.5. The zero-order valence-corrected chi connectivity index (χ0v) is 24.8. The highest BCUT2D eigenvalue weighted by Crippen LogP contribution is 2.30. The van der Waals surface area contributed by atoms with Crippen LogP contribution in [0.4, 0.5) is 14.5 Å². The summed E-state index contributed by atoms with van der Waals surface area (Å²) in [5, 5.41) is 33.4. The number of aliphatic hydroxyl groups is 1. The Hall–Kier alpha value is -3.70. The number of hydrogen-bond acceptors (Lipinski definition) is 8. The topological polar surface area (TPSA) is 146 Å². The lowest BCUT2D eigenvalue weighted by Gasteiger charge is -2.30. The first kappa shape index (κ1) is 34.5. The molecule has 0 spiro atoms. The zero-order valence-electron chi connectivity index (χ0n) is 23.3. The zero-order chi connectivity index (χ0) is 31.2. The summed E-state index contributed by atoms with van der Waals surface area (Å²) >= 11 is 12.2. The van der Waals surface area contributed by atoms with Gasteiger partial charge in [0.05, 0.1) is 40.6 Å². The van der Waals surface area contributed by atoms with Crippen LogP contribution in [0.1, 0.15) is 18.9 Å². The van der Waals surface area contributed by atoms with Crippen LogP contribution in [0.15, 0.2) is 41.4 Å². The molecule has 0 radical (unpaired) electrons. The molecule has 2 aromatic carbocycles. The summed E-state index contributed by atoms with van der Waals surface area (Å²) in [6, 6.07) is 7.59. The molecule has 0 bridgehead atoms. The molecule has 1 amide bonds. The molecule has 15 heteroatoms. The number of aliphatic imine (C=N–C) groups is 1. The molecule has 42 heavy (non-hydrogen) atoms. The second kappa shape index (κ2) is 17.3. The Balaban J connectivity index is 2.44. The van der Waals surface area contributed by atoms with E-state index in [9.17, 15) is 23.9 Å². The van der Waals surface area contributed by atoms with Crippen LogP contribution >= 0.6 is 23.2 Å². The molecule has 0 aliphatic carbocycles. The first-order valence-electron chi connectivity index (χ1n) is 12.8. The summed E-state index contributed by atoms with van der Waals surface area (Å²) in [4.78, 5) is 20.2. The van der Waals surface area contributed by atoms with Gasteiger partial charge >= 0.3 is 6.61 Å². The van der Waals surface area contributed by atoms with E-state index in [0.29, 0.717) is 18.6 Å². The van der Waals surface area contributed by atoms with Gasteiger partial charge in [0.1, 0.15) is 18.1 Å². The second-order valence-electron chi connectivity index (χ2n) is 8.99. The number of rotatable bonds is 15. The molecule has 1 atom stereocenters. The summed E-state index contributed by atoms with van der Waals surface area (Å²) in [5.41, 5.74) is 0.491. The third kappa shape index (κ3) is 10.6. The van der Waals surface area contributed by atoms with Gasteiger partial charge in [-0.25, -0.2) is 4.99 Å². The number of aliphatic hydroxyl groups excluding tert-OH is 1. The highest BCUT2D eigenvalue weighted by Gasteiger charge is 2.27. The van der Waals surface area contributed by atoms with E-state index >= 15 is 0 Å². The molecule has 0 heterocycles. The van der Waals surface area contributed by atoms with E-state index in [1.807, 2.05) is 19.0 Å². The molecule has 11 nitrogen and oxygen atoms in total. The lowest BCUT2D eigenvalue weighted by atomic mass is 10.0. The minimum absolute atomic E-state index is 0.0467. The third-order valence-electron chi connectivity index (χ3n) is 5.77. The summed E-state index contributed by atoms with van der Waals surface area (Å²) in [6.45, 7) is -1.21. The predicted octanol–water partition coefficient (Wildman–Crippen LogP) is 4.04. The summed E-state index contributed by atoms with van der Waals surface area (Å²) < 4.78 is 36.1. The van der Waals surface area contributed by atoms with Gasteiger partial charge in [-0.15, -0.1) is 0 Å².